The van der Waals surface area contributed by atoms with Crippen LogP contribution in [0.25, 0.3) is 0 Å². The Morgan fingerprint density at radius 2 is 2.04 bits per heavy atom. The van der Waals surface area contributed by atoms with Crippen LogP contribution >= 0.6 is 11.8 Å². The van der Waals surface area contributed by atoms with Gasteiger partial charge in [0.1, 0.15) is 0 Å². The van der Waals surface area contributed by atoms with Crippen LogP contribution in [-0.4, -0.2) is 38.9 Å². The van der Waals surface area contributed by atoms with Crippen LogP contribution in [0.4, 0.5) is 0 Å². The predicted octanol–water partition coefficient (Wildman–Crippen LogP) is 3.12. The molecule has 0 atom stereocenters. The molecule has 0 bridgehead atoms. The van der Waals surface area contributed by atoms with E-state index in [9.17, 15) is 4.79 Å². The smallest absolute Gasteiger partial charge is 0.305 e. The molecule has 2 N–H and O–H groups in total. The zero-order valence-corrected chi connectivity index (χ0v) is 16.0. The van der Waals surface area contributed by atoms with Crippen molar-refractivity contribution in [3.63, 3.8) is 0 Å². The van der Waals surface area contributed by atoms with Gasteiger partial charge < -0.3 is 15.4 Å². The first kappa shape index (κ1) is 20.4. The molecule has 0 aromatic heterocycles. The van der Waals surface area contributed by atoms with E-state index < -0.39 is 0 Å². The van der Waals surface area contributed by atoms with Crippen molar-refractivity contribution in [2.75, 3.05) is 27.0 Å². The molecule has 0 saturated carbocycles. The number of carbonyl (C=O) groups excluding carboxylic acids is 1. The Hall–Kier alpha value is -1.69. The number of thioether (sulfide) groups is 1. The topological polar surface area (TPSA) is 62.7 Å². The molecule has 0 aliphatic heterocycles. The lowest BCUT2D eigenvalue weighted by molar-refractivity contribution is -0.140. The summed E-state index contributed by atoms with van der Waals surface area (Å²) >= 11 is 1.76. The summed E-state index contributed by atoms with van der Waals surface area (Å²) in [7, 11) is 3.20. The van der Waals surface area contributed by atoms with Crippen molar-refractivity contribution in [1.82, 2.24) is 10.6 Å². The van der Waals surface area contributed by atoms with Crippen molar-refractivity contribution >= 4 is 23.7 Å². The number of aliphatic imine (C=N–C) groups is 1. The lowest BCUT2D eigenvalue weighted by Crippen LogP contribution is -2.37. The van der Waals surface area contributed by atoms with Gasteiger partial charge in [0.25, 0.3) is 0 Å². The minimum Gasteiger partial charge on any atom is -0.469 e. The molecule has 134 valence electrons. The molecule has 0 radical (unpaired) electrons. The number of nitrogens with one attached hydrogen (secondary N) is 2. The monoisotopic (exact) mass is 351 g/mol. The van der Waals surface area contributed by atoms with Crippen molar-refractivity contribution < 1.29 is 9.53 Å². The summed E-state index contributed by atoms with van der Waals surface area (Å²) < 4.78 is 4.63. The average Bonchev–Trinajstić information content (AvgIpc) is 2.60. The number of hydrogen-bond acceptors (Lipinski definition) is 4. The zero-order chi connectivity index (χ0) is 17.8. The van der Waals surface area contributed by atoms with Gasteiger partial charge in [0.05, 0.1) is 7.11 Å². The maximum absolute atomic E-state index is 11.0. The first-order valence-corrected chi connectivity index (χ1v) is 9.48. The number of methoxy groups -OCH3 is 1. The Morgan fingerprint density at radius 3 is 2.71 bits per heavy atom. The summed E-state index contributed by atoms with van der Waals surface area (Å²) in [4.78, 5) is 16.6. The molecule has 24 heavy (non-hydrogen) atoms. The van der Waals surface area contributed by atoms with Gasteiger partial charge in [-0.3, -0.25) is 9.79 Å². The quantitative estimate of drug-likeness (QED) is 0.235. The number of ether oxygens (including phenoxy) is 1. The molecule has 0 unspecified atom stereocenters. The molecule has 5 nitrogen and oxygen atoms in total. The van der Waals surface area contributed by atoms with Crippen LogP contribution in [0.5, 0.6) is 0 Å². The van der Waals surface area contributed by atoms with Crippen molar-refractivity contribution in [3.8, 4) is 0 Å². The number of esters is 1. The second kappa shape index (κ2) is 11.8. The van der Waals surface area contributed by atoms with E-state index in [1.165, 1.54) is 23.1 Å². The Morgan fingerprint density at radius 1 is 1.25 bits per heavy atom. The van der Waals surface area contributed by atoms with Crippen molar-refractivity contribution in [2.45, 2.75) is 44.0 Å². The van der Waals surface area contributed by atoms with Crippen LogP contribution in [-0.2, 0) is 16.1 Å². The van der Waals surface area contributed by atoms with E-state index >= 15 is 0 Å². The van der Waals surface area contributed by atoms with E-state index in [2.05, 4.69) is 51.7 Å². The van der Waals surface area contributed by atoms with Crippen LogP contribution < -0.4 is 10.6 Å². The Bertz CT molecular complexity index is 547. The van der Waals surface area contributed by atoms with E-state index in [0.29, 0.717) is 6.42 Å². The van der Waals surface area contributed by atoms with Gasteiger partial charge in [-0.1, -0.05) is 18.6 Å². The highest BCUT2D eigenvalue weighted by molar-refractivity contribution is 7.98. The first-order valence-electron chi connectivity index (χ1n) is 8.25. The Balaban J connectivity index is 2.29. The lowest BCUT2D eigenvalue weighted by atomic mass is 10.1. The van der Waals surface area contributed by atoms with Gasteiger partial charge in [-0.15, -0.1) is 11.8 Å². The fourth-order valence-electron chi connectivity index (χ4n) is 2.28. The van der Waals surface area contributed by atoms with Gasteiger partial charge in [0.2, 0.25) is 0 Å². The minimum atomic E-state index is -0.136. The third-order valence-corrected chi connectivity index (χ3v) is 4.51. The van der Waals surface area contributed by atoms with Crippen LogP contribution in [0, 0.1) is 6.92 Å². The third-order valence-electron chi connectivity index (χ3n) is 3.69. The summed E-state index contributed by atoms with van der Waals surface area (Å²) in [6, 6.07) is 6.50. The molecular formula is C18H29N3O2S. The van der Waals surface area contributed by atoms with E-state index in [-0.39, 0.29) is 5.97 Å². The van der Waals surface area contributed by atoms with Crippen molar-refractivity contribution in [3.05, 3.63) is 29.3 Å². The van der Waals surface area contributed by atoms with Gasteiger partial charge in [-0.25, -0.2) is 0 Å². The number of guanidine groups is 1. The molecule has 0 heterocycles. The van der Waals surface area contributed by atoms with Crippen LogP contribution in [0.1, 0.15) is 36.8 Å². The number of hydrogen-bond donors (Lipinski definition) is 2. The Kier molecular flexibility index (Phi) is 10.00. The van der Waals surface area contributed by atoms with Crippen LogP contribution in [0.2, 0.25) is 0 Å². The summed E-state index contributed by atoms with van der Waals surface area (Å²) in [6.45, 7) is 3.69. The van der Waals surface area contributed by atoms with Crippen LogP contribution in [0.3, 0.4) is 0 Å². The highest BCUT2D eigenvalue weighted by atomic mass is 32.2. The number of aryl methyl sites for hydroxylation is 1. The second-order valence-corrected chi connectivity index (χ2v) is 6.40. The van der Waals surface area contributed by atoms with Gasteiger partial charge in [0, 0.05) is 31.5 Å². The molecule has 0 aliphatic rings. The largest absolute Gasteiger partial charge is 0.469 e. The van der Waals surface area contributed by atoms with Gasteiger partial charge in [-0.05, 0) is 43.2 Å². The molecule has 0 amide bonds. The summed E-state index contributed by atoms with van der Waals surface area (Å²) in [5.41, 5.74) is 2.55. The number of benzene rings is 1. The number of carbonyl (C=O) groups is 1. The molecule has 0 saturated heterocycles. The van der Waals surface area contributed by atoms with Crippen molar-refractivity contribution in [2.24, 2.45) is 4.99 Å². The highest BCUT2D eigenvalue weighted by Crippen LogP contribution is 2.21. The summed E-state index contributed by atoms with van der Waals surface area (Å²) in [5, 5.41) is 6.66. The predicted molar refractivity (Wildman–Crippen MR) is 102 cm³/mol. The second-order valence-electron chi connectivity index (χ2n) is 5.55. The molecule has 1 aromatic carbocycles. The van der Waals surface area contributed by atoms with E-state index in [1.807, 2.05) is 0 Å². The summed E-state index contributed by atoms with van der Waals surface area (Å²) in [5.74, 6) is 0.665. The van der Waals surface area contributed by atoms with Gasteiger partial charge in [-0.2, -0.15) is 0 Å². The molecule has 0 aliphatic carbocycles. The normalized spacial score (nSPS) is 11.2. The molecule has 0 spiro atoms. The average molecular weight is 352 g/mol. The van der Waals surface area contributed by atoms with E-state index in [0.717, 1.165) is 38.3 Å². The Labute approximate surface area is 149 Å². The number of nitrogens with zero attached hydrogens (tertiary/aromatic N) is 1. The number of unbranched alkanes of at least 4 members (excludes halogenated alkanes) is 2. The molecule has 1 aromatic rings. The molecule has 1 rings (SSSR count). The lowest BCUT2D eigenvalue weighted by Gasteiger charge is -2.14. The fourth-order valence-corrected chi connectivity index (χ4v) is 2.98. The first-order chi connectivity index (χ1) is 11.6. The molecular weight excluding hydrogens is 322 g/mol. The van der Waals surface area contributed by atoms with E-state index in [4.69, 9.17) is 0 Å². The van der Waals surface area contributed by atoms with Gasteiger partial charge in [0.15, 0.2) is 5.96 Å². The summed E-state index contributed by atoms with van der Waals surface area (Å²) in [6.07, 6.45) is 5.45. The molecule has 6 heteroatoms. The third kappa shape index (κ3) is 7.73. The SMILES string of the molecule is CN=C(NCCCCCC(=O)OC)NCc1ccc(C)cc1SC. The van der Waals surface area contributed by atoms with Crippen LogP contribution in [0.15, 0.2) is 28.1 Å². The van der Waals surface area contributed by atoms with Gasteiger partial charge >= 0.3 is 5.97 Å². The van der Waals surface area contributed by atoms with E-state index in [1.54, 1.807) is 18.8 Å². The highest BCUT2D eigenvalue weighted by Gasteiger charge is 2.04. The zero-order valence-electron chi connectivity index (χ0n) is 15.1. The molecule has 0 fully saturated rings. The van der Waals surface area contributed by atoms with Crippen molar-refractivity contribution in [1.29, 1.82) is 0 Å². The number of rotatable bonds is 9. The maximum Gasteiger partial charge on any atom is 0.305 e. The minimum absolute atomic E-state index is 0.136. The maximum atomic E-state index is 11.0. The standard InChI is InChI=1S/C18H29N3O2S/c1-14-9-10-15(16(12-14)24-4)13-21-18(19-2)20-11-7-5-6-8-17(22)23-3/h9-10,12H,5-8,11,13H2,1-4H3,(H2,19,20,21). The fraction of sp³-hybridized carbons (Fsp3) is 0.556.